The van der Waals surface area contributed by atoms with Gasteiger partial charge in [0.2, 0.25) is 11.8 Å². The van der Waals surface area contributed by atoms with Crippen molar-refractivity contribution >= 4 is 11.9 Å². The van der Waals surface area contributed by atoms with Gasteiger partial charge >= 0.3 is 0 Å². The molecule has 0 unspecified atom stereocenters. The predicted molar refractivity (Wildman–Crippen MR) is 85.7 cm³/mol. The summed E-state index contributed by atoms with van der Waals surface area (Å²) in [6.45, 7) is 2.24. The molecule has 1 aliphatic heterocycles. The van der Waals surface area contributed by atoms with Crippen molar-refractivity contribution in [3.8, 4) is 11.9 Å². The van der Waals surface area contributed by atoms with Gasteiger partial charge in [-0.2, -0.15) is 10.2 Å². The molecule has 0 spiro atoms. The number of carbonyl (C=O) groups excluding carboxylic acids is 1. The number of anilines is 1. The number of rotatable bonds is 3. The van der Waals surface area contributed by atoms with Gasteiger partial charge in [-0.15, -0.1) is 0 Å². The van der Waals surface area contributed by atoms with Crippen LogP contribution in [0.3, 0.4) is 0 Å². The lowest BCUT2D eigenvalue weighted by Crippen LogP contribution is -2.49. The second-order valence-electron chi connectivity index (χ2n) is 5.19. The zero-order chi connectivity index (χ0) is 16.9. The average Bonchev–Trinajstić information content (AvgIpc) is 2.67. The third kappa shape index (κ3) is 3.10. The molecule has 2 aromatic rings. The number of nitriles is 1. The SMILES string of the molecule is COc1ccnc(N2CCN(C(=O)c3ncccc3C#N)CC2)n1. The van der Waals surface area contributed by atoms with Crippen LogP contribution in [0.4, 0.5) is 5.95 Å². The van der Waals surface area contributed by atoms with Gasteiger partial charge in [-0.1, -0.05) is 0 Å². The van der Waals surface area contributed by atoms with E-state index in [4.69, 9.17) is 10.00 Å². The fraction of sp³-hybridized carbons (Fsp3) is 0.312. The minimum atomic E-state index is -0.224. The average molecular weight is 324 g/mol. The topological polar surface area (TPSA) is 95.2 Å². The van der Waals surface area contributed by atoms with Crippen LogP contribution < -0.4 is 9.64 Å². The smallest absolute Gasteiger partial charge is 0.273 e. The first-order valence-corrected chi connectivity index (χ1v) is 7.49. The first-order chi connectivity index (χ1) is 11.7. The molecule has 0 N–H and O–H groups in total. The first-order valence-electron chi connectivity index (χ1n) is 7.49. The summed E-state index contributed by atoms with van der Waals surface area (Å²) in [4.78, 5) is 28.9. The highest BCUT2D eigenvalue weighted by Crippen LogP contribution is 2.16. The third-order valence-corrected chi connectivity index (χ3v) is 3.81. The van der Waals surface area contributed by atoms with E-state index < -0.39 is 0 Å². The largest absolute Gasteiger partial charge is 0.481 e. The van der Waals surface area contributed by atoms with Crippen molar-refractivity contribution in [2.45, 2.75) is 0 Å². The number of aromatic nitrogens is 3. The summed E-state index contributed by atoms with van der Waals surface area (Å²) in [6, 6.07) is 6.94. The molecule has 1 aliphatic rings. The quantitative estimate of drug-likeness (QED) is 0.820. The molecule has 1 amide bonds. The van der Waals surface area contributed by atoms with E-state index in [0.717, 1.165) is 0 Å². The summed E-state index contributed by atoms with van der Waals surface area (Å²) in [7, 11) is 1.56. The van der Waals surface area contributed by atoms with Crippen molar-refractivity contribution in [3.63, 3.8) is 0 Å². The summed E-state index contributed by atoms with van der Waals surface area (Å²) >= 11 is 0. The number of hydrogen-bond donors (Lipinski definition) is 0. The maximum Gasteiger partial charge on any atom is 0.273 e. The normalized spacial score (nSPS) is 14.2. The van der Waals surface area contributed by atoms with Gasteiger partial charge in [0.05, 0.1) is 12.7 Å². The standard InChI is InChI=1S/C16H16N6O2/c1-24-13-4-6-19-16(20-13)22-9-7-21(8-10-22)15(23)14-12(11-17)3-2-5-18-14/h2-6H,7-10H2,1H3. The van der Waals surface area contributed by atoms with Gasteiger partial charge in [-0.05, 0) is 12.1 Å². The van der Waals surface area contributed by atoms with Crippen LogP contribution >= 0.6 is 0 Å². The molecule has 3 heterocycles. The van der Waals surface area contributed by atoms with E-state index in [9.17, 15) is 4.79 Å². The van der Waals surface area contributed by atoms with Crippen molar-refractivity contribution in [1.29, 1.82) is 5.26 Å². The molecule has 0 aliphatic carbocycles. The van der Waals surface area contributed by atoms with Gasteiger partial charge in [-0.3, -0.25) is 4.79 Å². The highest BCUT2D eigenvalue weighted by molar-refractivity contribution is 5.94. The van der Waals surface area contributed by atoms with E-state index in [2.05, 4.69) is 15.0 Å². The lowest BCUT2D eigenvalue weighted by atomic mass is 10.2. The molecule has 0 radical (unpaired) electrons. The molecule has 1 saturated heterocycles. The Balaban J connectivity index is 1.68. The second kappa shape index (κ2) is 6.91. The first kappa shape index (κ1) is 15.7. The zero-order valence-electron chi connectivity index (χ0n) is 13.2. The Kier molecular flexibility index (Phi) is 4.52. The summed E-state index contributed by atoms with van der Waals surface area (Å²) in [5, 5.41) is 9.11. The number of ether oxygens (including phenoxy) is 1. The van der Waals surface area contributed by atoms with Crippen molar-refractivity contribution in [2.24, 2.45) is 0 Å². The predicted octanol–water partition coefficient (Wildman–Crippen LogP) is 0.714. The van der Waals surface area contributed by atoms with Crippen molar-refractivity contribution in [1.82, 2.24) is 19.9 Å². The Morgan fingerprint density at radius 3 is 2.71 bits per heavy atom. The maximum atomic E-state index is 12.6. The second-order valence-corrected chi connectivity index (χ2v) is 5.19. The maximum absolute atomic E-state index is 12.6. The van der Waals surface area contributed by atoms with Crippen molar-refractivity contribution < 1.29 is 9.53 Å². The molecular formula is C16H16N6O2. The lowest BCUT2D eigenvalue weighted by Gasteiger charge is -2.34. The van der Waals surface area contributed by atoms with E-state index in [0.29, 0.717) is 43.6 Å². The van der Waals surface area contributed by atoms with Crippen LogP contribution in [0.2, 0.25) is 0 Å². The molecule has 122 valence electrons. The van der Waals surface area contributed by atoms with E-state index in [1.807, 2.05) is 11.0 Å². The van der Waals surface area contributed by atoms with Crippen LogP contribution in [0, 0.1) is 11.3 Å². The van der Waals surface area contributed by atoms with Crippen LogP contribution in [0.25, 0.3) is 0 Å². The molecule has 8 heteroatoms. The van der Waals surface area contributed by atoms with Crippen LogP contribution in [-0.4, -0.2) is 59.0 Å². The van der Waals surface area contributed by atoms with Gasteiger partial charge < -0.3 is 14.5 Å². The number of methoxy groups -OCH3 is 1. The Hall–Kier alpha value is -3.21. The van der Waals surface area contributed by atoms with E-state index in [1.165, 1.54) is 6.20 Å². The summed E-state index contributed by atoms with van der Waals surface area (Å²) in [5.41, 5.74) is 0.493. The molecule has 0 saturated carbocycles. The number of nitrogens with zero attached hydrogens (tertiary/aromatic N) is 6. The van der Waals surface area contributed by atoms with Crippen LogP contribution in [0.15, 0.2) is 30.6 Å². The molecule has 0 atom stereocenters. The van der Waals surface area contributed by atoms with Gasteiger partial charge in [0, 0.05) is 44.6 Å². The zero-order valence-corrected chi connectivity index (χ0v) is 13.2. The Morgan fingerprint density at radius 1 is 1.21 bits per heavy atom. The monoisotopic (exact) mass is 324 g/mol. The molecule has 2 aromatic heterocycles. The molecular weight excluding hydrogens is 308 g/mol. The van der Waals surface area contributed by atoms with Gasteiger partial charge in [-0.25, -0.2) is 9.97 Å². The molecule has 3 rings (SSSR count). The third-order valence-electron chi connectivity index (χ3n) is 3.81. The summed E-state index contributed by atoms with van der Waals surface area (Å²) in [6.07, 6.45) is 3.17. The Morgan fingerprint density at radius 2 is 2.00 bits per heavy atom. The molecule has 24 heavy (non-hydrogen) atoms. The number of piperazine rings is 1. The fourth-order valence-corrected chi connectivity index (χ4v) is 2.52. The van der Waals surface area contributed by atoms with Crippen molar-refractivity contribution in [2.75, 3.05) is 38.2 Å². The number of hydrogen-bond acceptors (Lipinski definition) is 7. The number of pyridine rings is 1. The van der Waals surface area contributed by atoms with E-state index in [1.54, 1.807) is 36.4 Å². The fourth-order valence-electron chi connectivity index (χ4n) is 2.52. The minimum absolute atomic E-state index is 0.200. The highest BCUT2D eigenvalue weighted by atomic mass is 16.5. The van der Waals surface area contributed by atoms with Crippen molar-refractivity contribution in [3.05, 3.63) is 41.9 Å². The summed E-state index contributed by atoms with van der Waals surface area (Å²) < 4.78 is 5.11. The Labute approximate surface area is 139 Å². The number of amides is 1. The summed E-state index contributed by atoms with van der Waals surface area (Å²) in [5.74, 6) is 0.862. The minimum Gasteiger partial charge on any atom is -0.481 e. The van der Waals surface area contributed by atoms with Crippen LogP contribution in [0.5, 0.6) is 5.88 Å². The van der Waals surface area contributed by atoms with E-state index in [-0.39, 0.29) is 11.6 Å². The van der Waals surface area contributed by atoms with Gasteiger partial charge in [0.25, 0.3) is 5.91 Å². The van der Waals surface area contributed by atoms with E-state index >= 15 is 0 Å². The molecule has 8 nitrogen and oxygen atoms in total. The van der Waals surface area contributed by atoms with Gasteiger partial charge in [0.1, 0.15) is 11.8 Å². The molecule has 1 fully saturated rings. The molecule has 0 aromatic carbocycles. The lowest BCUT2D eigenvalue weighted by molar-refractivity contribution is 0.0740. The Bertz CT molecular complexity index is 780. The van der Waals surface area contributed by atoms with Crippen LogP contribution in [-0.2, 0) is 0 Å². The highest BCUT2D eigenvalue weighted by Gasteiger charge is 2.25. The van der Waals surface area contributed by atoms with Crippen LogP contribution in [0.1, 0.15) is 16.1 Å². The molecule has 0 bridgehead atoms. The number of carbonyl (C=O) groups is 1. The van der Waals surface area contributed by atoms with Gasteiger partial charge in [0.15, 0.2) is 0 Å².